The summed E-state index contributed by atoms with van der Waals surface area (Å²) in [6.45, 7) is 8.49. The average Bonchev–Trinajstić information content (AvgIpc) is 2.38. The normalized spacial score (nSPS) is 12.6. The molecule has 0 amide bonds. The van der Waals surface area contributed by atoms with Gasteiger partial charge in [0, 0.05) is 0 Å². The molecule has 0 aliphatic carbocycles. The third-order valence-electron chi connectivity index (χ3n) is 3.91. The molecule has 0 spiro atoms. The number of rotatable bonds is 14. The molecule has 0 heteroatoms. The Kier molecular flexibility index (Phi) is 14.6. The Bertz CT molecular complexity index is 159. The maximum absolute atomic E-state index is 3.76. The average molecular weight is 252 g/mol. The van der Waals surface area contributed by atoms with Gasteiger partial charge in [-0.2, -0.15) is 0 Å². The number of hydrogen-bond acceptors (Lipinski definition) is 0. The quantitative estimate of drug-likeness (QED) is 0.233. The molecule has 0 saturated carbocycles. The van der Waals surface area contributed by atoms with Gasteiger partial charge in [-0.1, -0.05) is 90.6 Å². The van der Waals surface area contributed by atoms with Crippen LogP contribution in [0.15, 0.2) is 12.7 Å². The van der Waals surface area contributed by atoms with Crippen LogP contribution in [0.4, 0.5) is 0 Å². The highest BCUT2D eigenvalue weighted by Gasteiger charge is 2.01. The van der Waals surface area contributed by atoms with E-state index in [0.717, 1.165) is 5.92 Å². The van der Waals surface area contributed by atoms with Crippen molar-refractivity contribution in [1.82, 2.24) is 0 Å². The van der Waals surface area contributed by atoms with Crippen LogP contribution in [0.25, 0.3) is 0 Å². The fraction of sp³-hybridized carbons (Fsp3) is 0.889. The molecule has 0 heterocycles. The standard InChI is InChI=1S/C18H36/c1-4-6-8-10-11-12-13-15-17-18(3)16-14-9-7-5-2/h4,18H,1,5-17H2,2-3H3. The van der Waals surface area contributed by atoms with Gasteiger partial charge in [-0.3, -0.25) is 0 Å². The first-order valence-corrected chi connectivity index (χ1v) is 8.42. The third kappa shape index (κ3) is 13.8. The van der Waals surface area contributed by atoms with Crippen molar-refractivity contribution in [3.8, 4) is 0 Å². The van der Waals surface area contributed by atoms with Crippen molar-refractivity contribution in [2.45, 2.75) is 97.3 Å². The van der Waals surface area contributed by atoms with Crippen molar-refractivity contribution in [3.63, 3.8) is 0 Å². The highest BCUT2D eigenvalue weighted by atomic mass is 14.1. The molecule has 0 rings (SSSR count). The number of allylic oxidation sites excluding steroid dienone is 1. The lowest BCUT2D eigenvalue weighted by Crippen LogP contribution is -1.95. The predicted octanol–water partition coefficient (Wildman–Crippen LogP) is 6.90. The van der Waals surface area contributed by atoms with Gasteiger partial charge in [0.2, 0.25) is 0 Å². The molecular formula is C18H36. The van der Waals surface area contributed by atoms with Crippen molar-refractivity contribution in [1.29, 1.82) is 0 Å². The Labute approximate surface area is 116 Å². The van der Waals surface area contributed by atoms with Gasteiger partial charge in [0.05, 0.1) is 0 Å². The van der Waals surface area contributed by atoms with Crippen LogP contribution < -0.4 is 0 Å². The Hall–Kier alpha value is -0.260. The van der Waals surface area contributed by atoms with Crippen LogP contribution in [0.1, 0.15) is 97.3 Å². The van der Waals surface area contributed by atoms with Gasteiger partial charge in [-0.25, -0.2) is 0 Å². The summed E-state index contributed by atoms with van der Waals surface area (Å²) in [5.41, 5.74) is 0. The minimum atomic E-state index is 0.961. The first kappa shape index (κ1) is 17.7. The summed E-state index contributed by atoms with van der Waals surface area (Å²) in [6.07, 6.45) is 20.4. The Morgan fingerprint density at radius 3 is 1.83 bits per heavy atom. The summed E-state index contributed by atoms with van der Waals surface area (Å²) < 4.78 is 0. The lowest BCUT2D eigenvalue weighted by molar-refractivity contribution is 0.433. The van der Waals surface area contributed by atoms with Crippen molar-refractivity contribution in [3.05, 3.63) is 12.7 Å². The number of unbranched alkanes of at least 4 members (excludes halogenated alkanes) is 9. The van der Waals surface area contributed by atoms with Crippen LogP contribution in [-0.4, -0.2) is 0 Å². The second-order valence-electron chi connectivity index (χ2n) is 5.94. The Morgan fingerprint density at radius 2 is 1.28 bits per heavy atom. The largest absolute Gasteiger partial charge is 0.103 e. The van der Waals surface area contributed by atoms with E-state index in [1.807, 2.05) is 6.08 Å². The van der Waals surface area contributed by atoms with E-state index in [-0.39, 0.29) is 0 Å². The zero-order valence-corrected chi connectivity index (χ0v) is 13.1. The van der Waals surface area contributed by atoms with E-state index in [1.54, 1.807) is 0 Å². The lowest BCUT2D eigenvalue weighted by Gasteiger charge is -2.10. The molecule has 0 bridgehead atoms. The first-order chi connectivity index (χ1) is 8.81. The molecule has 0 fully saturated rings. The molecule has 0 aliphatic heterocycles. The summed E-state index contributed by atoms with van der Waals surface area (Å²) in [5, 5.41) is 0. The van der Waals surface area contributed by atoms with Crippen molar-refractivity contribution in [2.75, 3.05) is 0 Å². The van der Waals surface area contributed by atoms with Crippen LogP contribution in [0.2, 0.25) is 0 Å². The van der Waals surface area contributed by atoms with Gasteiger partial charge in [0.15, 0.2) is 0 Å². The maximum Gasteiger partial charge on any atom is -0.0353 e. The summed E-state index contributed by atoms with van der Waals surface area (Å²) in [4.78, 5) is 0. The van der Waals surface area contributed by atoms with Crippen molar-refractivity contribution in [2.24, 2.45) is 5.92 Å². The molecule has 0 radical (unpaired) electrons. The summed E-state index contributed by atoms with van der Waals surface area (Å²) >= 11 is 0. The molecule has 0 saturated heterocycles. The van der Waals surface area contributed by atoms with Gasteiger partial charge < -0.3 is 0 Å². The van der Waals surface area contributed by atoms with Crippen LogP contribution in [0, 0.1) is 5.92 Å². The second kappa shape index (κ2) is 14.8. The van der Waals surface area contributed by atoms with Gasteiger partial charge in [-0.15, -0.1) is 6.58 Å². The van der Waals surface area contributed by atoms with Crippen LogP contribution in [0.5, 0.6) is 0 Å². The van der Waals surface area contributed by atoms with Crippen molar-refractivity contribution >= 4 is 0 Å². The summed E-state index contributed by atoms with van der Waals surface area (Å²) in [6, 6.07) is 0. The van der Waals surface area contributed by atoms with E-state index in [0.29, 0.717) is 0 Å². The first-order valence-electron chi connectivity index (χ1n) is 8.42. The molecule has 1 atom stereocenters. The van der Waals surface area contributed by atoms with Crippen molar-refractivity contribution < 1.29 is 0 Å². The predicted molar refractivity (Wildman–Crippen MR) is 85.1 cm³/mol. The van der Waals surface area contributed by atoms with Gasteiger partial charge in [-0.05, 0) is 18.8 Å². The fourth-order valence-corrected chi connectivity index (χ4v) is 2.55. The highest BCUT2D eigenvalue weighted by Crippen LogP contribution is 2.18. The van der Waals surface area contributed by atoms with E-state index in [2.05, 4.69) is 20.4 Å². The molecule has 0 nitrogen and oxygen atoms in total. The summed E-state index contributed by atoms with van der Waals surface area (Å²) in [7, 11) is 0. The molecule has 0 N–H and O–H groups in total. The smallest absolute Gasteiger partial charge is 0.0353 e. The second-order valence-corrected chi connectivity index (χ2v) is 5.94. The summed E-state index contributed by atoms with van der Waals surface area (Å²) in [5.74, 6) is 0.961. The van der Waals surface area contributed by atoms with E-state index in [1.165, 1.54) is 83.5 Å². The molecule has 0 aromatic rings. The third-order valence-corrected chi connectivity index (χ3v) is 3.91. The Balaban J connectivity index is 3.10. The van der Waals surface area contributed by atoms with Crippen LogP contribution in [0.3, 0.4) is 0 Å². The molecule has 108 valence electrons. The van der Waals surface area contributed by atoms with Crippen LogP contribution >= 0.6 is 0 Å². The minimum Gasteiger partial charge on any atom is -0.103 e. The van der Waals surface area contributed by atoms with E-state index in [9.17, 15) is 0 Å². The van der Waals surface area contributed by atoms with Gasteiger partial charge in [0.25, 0.3) is 0 Å². The molecule has 18 heavy (non-hydrogen) atoms. The maximum atomic E-state index is 3.76. The van der Waals surface area contributed by atoms with E-state index >= 15 is 0 Å². The lowest BCUT2D eigenvalue weighted by atomic mass is 9.96. The SMILES string of the molecule is C=CCCCCCCCCC(C)CCCCCC. The molecular weight excluding hydrogens is 216 g/mol. The Morgan fingerprint density at radius 1 is 0.778 bits per heavy atom. The zero-order chi connectivity index (χ0) is 13.5. The topological polar surface area (TPSA) is 0 Å². The van der Waals surface area contributed by atoms with Crippen LogP contribution in [-0.2, 0) is 0 Å². The molecule has 0 aromatic heterocycles. The molecule has 0 aliphatic rings. The van der Waals surface area contributed by atoms with Gasteiger partial charge in [0.1, 0.15) is 0 Å². The number of hydrogen-bond donors (Lipinski definition) is 0. The molecule has 0 aromatic carbocycles. The van der Waals surface area contributed by atoms with Gasteiger partial charge >= 0.3 is 0 Å². The van der Waals surface area contributed by atoms with E-state index in [4.69, 9.17) is 0 Å². The minimum absolute atomic E-state index is 0.961. The highest BCUT2D eigenvalue weighted by molar-refractivity contribution is 4.65. The fourth-order valence-electron chi connectivity index (χ4n) is 2.55. The van der Waals surface area contributed by atoms with E-state index < -0.39 is 0 Å². The molecule has 1 unspecified atom stereocenters. The monoisotopic (exact) mass is 252 g/mol. The zero-order valence-electron chi connectivity index (χ0n) is 13.1.